The number of carbonyl (C=O) groups excluding carboxylic acids is 2. The Balaban J connectivity index is 1.78. The van der Waals surface area contributed by atoms with Crippen LogP contribution in [-0.4, -0.2) is 47.7 Å². The number of amides is 1. The Labute approximate surface area is 251 Å². The van der Waals surface area contributed by atoms with Gasteiger partial charge in [-0.25, -0.2) is 9.59 Å². The molecule has 0 fully saturated rings. The summed E-state index contributed by atoms with van der Waals surface area (Å²) in [6.45, 7) is 18.9. The number of rotatable bonds is 5. The fourth-order valence-corrected chi connectivity index (χ4v) is 10.2. The van der Waals surface area contributed by atoms with Crippen molar-refractivity contribution >= 4 is 30.9 Å². The van der Waals surface area contributed by atoms with Crippen molar-refractivity contribution in [1.29, 1.82) is 0 Å². The summed E-state index contributed by atoms with van der Waals surface area (Å²) in [5.41, 5.74) is 1.22. The van der Waals surface area contributed by atoms with E-state index in [0.29, 0.717) is 25.2 Å². The van der Waals surface area contributed by atoms with Gasteiger partial charge in [-0.3, -0.25) is 4.57 Å². The van der Waals surface area contributed by atoms with E-state index in [4.69, 9.17) is 13.9 Å². The van der Waals surface area contributed by atoms with Crippen molar-refractivity contribution in [3.05, 3.63) is 83.7 Å². The van der Waals surface area contributed by atoms with Crippen molar-refractivity contribution in [2.75, 3.05) is 6.54 Å². The summed E-state index contributed by atoms with van der Waals surface area (Å²) >= 11 is 0. The Hall–Kier alpha value is -3.36. The molecule has 1 aromatic heterocycles. The van der Waals surface area contributed by atoms with Crippen LogP contribution in [0.3, 0.4) is 0 Å². The molecule has 0 atom stereocenters. The molecule has 0 saturated carbocycles. The molecule has 0 radical (unpaired) electrons. The molecule has 3 aromatic rings. The van der Waals surface area contributed by atoms with E-state index in [9.17, 15) is 9.59 Å². The molecular weight excluding hydrogens is 544 g/mol. The summed E-state index contributed by atoms with van der Waals surface area (Å²) in [6.07, 6.45) is -0.286. The highest BCUT2D eigenvalue weighted by molar-refractivity contribution is 6.99. The number of fused-ring (bicyclic) bond motifs is 1. The van der Waals surface area contributed by atoms with Gasteiger partial charge in [-0.15, -0.1) is 0 Å². The third kappa shape index (κ3) is 6.81. The van der Waals surface area contributed by atoms with Crippen LogP contribution in [-0.2, 0) is 33.5 Å². The van der Waals surface area contributed by atoms with E-state index in [2.05, 4.69) is 69.3 Å². The van der Waals surface area contributed by atoms with Gasteiger partial charge in [0.25, 0.3) is 8.32 Å². The predicted molar refractivity (Wildman–Crippen MR) is 169 cm³/mol. The molecular formula is C34H46N2O5Si. The zero-order chi connectivity index (χ0) is 30.9. The summed E-state index contributed by atoms with van der Waals surface area (Å²) in [4.78, 5) is 28.3. The zero-order valence-corrected chi connectivity index (χ0v) is 27.6. The second-order valence-corrected chi connectivity index (χ2v) is 18.3. The Morgan fingerprint density at radius 3 is 1.74 bits per heavy atom. The zero-order valence-electron chi connectivity index (χ0n) is 26.6. The standard InChI is InChI=1S/C34H46N2O5Si/c1-32(2,3)40-30(37)35-21-20-29-25(23-35)22-26(36(29)31(38)41-33(4,5)6)24-39-42(34(7,8)9,27-16-12-10-13-17-27)28-18-14-11-15-19-28/h10-19,22H,20-21,23-24H2,1-9H3. The molecule has 0 spiro atoms. The van der Waals surface area contributed by atoms with Crippen LogP contribution in [0.15, 0.2) is 66.7 Å². The molecule has 8 heteroatoms. The molecule has 2 aromatic carbocycles. The first kappa shape index (κ1) is 31.6. The van der Waals surface area contributed by atoms with Crippen LogP contribution in [0.5, 0.6) is 0 Å². The molecule has 0 N–H and O–H groups in total. The van der Waals surface area contributed by atoms with Crippen molar-refractivity contribution in [3.8, 4) is 0 Å². The van der Waals surface area contributed by atoms with E-state index < -0.39 is 25.6 Å². The number of benzene rings is 2. The van der Waals surface area contributed by atoms with E-state index >= 15 is 0 Å². The maximum atomic E-state index is 13.7. The molecule has 226 valence electrons. The topological polar surface area (TPSA) is 70.0 Å². The van der Waals surface area contributed by atoms with Gasteiger partial charge in [0, 0.05) is 18.7 Å². The summed E-state index contributed by atoms with van der Waals surface area (Å²) in [5, 5.41) is 2.12. The number of nitrogens with zero attached hydrogens (tertiary/aromatic N) is 2. The molecule has 2 heterocycles. The Morgan fingerprint density at radius 2 is 1.26 bits per heavy atom. The minimum Gasteiger partial charge on any atom is -0.444 e. The Bertz CT molecular complexity index is 1360. The maximum Gasteiger partial charge on any atom is 0.419 e. The van der Waals surface area contributed by atoms with Crippen LogP contribution in [0.4, 0.5) is 9.59 Å². The second kappa shape index (κ2) is 11.7. The van der Waals surface area contributed by atoms with E-state index in [1.807, 2.05) is 59.7 Å². The average molecular weight is 591 g/mol. The molecule has 1 aliphatic rings. The second-order valence-electron chi connectivity index (χ2n) is 14.0. The van der Waals surface area contributed by atoms with E-state index in [-0.39, 0.29) is 17.7 Å². The first-order valence-corrected chi connectivity index (χ1v) is 16.6. The lowest BCUT2D eigenvalue weighted by Gasteiger charge is -2.43. The number of hydrogen-bond donors (Lipinski definition) is 0. The van der Waals surface area contributed by atoms with Crippen molar-refractivity contribution in [2.45, 2.75) is 98.1 Å². The van der Waals surface area contributed by atoms with Crippen LogP contribution >= 0.6 is 0 Å². The van der Waals surface area contributed by atoms with E-state index in [1.165, 1.54) is 10.4 Å². The largest absolute Gasteiger partial charge is 0.444 e. The van der Waals surface area contributed by atoms with E-state index in [1.54, 1.807) is 9.47 Å². The van der Waals surface area contributed by atoms with Crippen molar-refractivity contribution in [2.24, 2.45) is 0 Å². The highest BCUT2D eigenvalue weighted by Gasteiger charge is 2.50. The number of aromatic nitrogens is 1. The molecule has 1 aliphatic heterocycles. The number of carbonyl (C=O) groups is 2. The first-order valence-electron chi connectivity index (χ1n) is 14.7. The van der Waals surface area contributed by atoms with Gasteiger partial charge in [0.15, 0.2) is 0 Å². The van der Waals surface area contributed by atoms with Gasteiger partial charge < -0.3 is 18.8 Å². The molecule has 0 aliphatic carbocycles. The van der Waals surface area contributed by atoms with Gasteiger partial charge in [0.05, 0.1) is 18.8 Å². The lowest BCUT2D eigenvalue weighted by atomic mass is 10.1. The smallest absolute Gasteiger partial charge is 0.419 e. The van der Waals surface area contributed by atoms with Crippen LogP contribution in [0, 0.1) is 0 Å². The predicted octanol–water partition coefficient (Wildman–Crippen LogP) is 6.64. The highest BCUT2D eigenvalue weighted by Crippen LogP contribution is 2.38. The fraction of sp³-hybridized carbons (Fsp3) is 0.471. The molecule has 0 unspecified atom stereocenters. The van der Waals surface area contributed by atoms with Crippen LogP contribution in [0.2, 0.25) is 5.04 Å². The summed E-state index contributed by atoms with van der Waals surface area (Å²) in [6, 6.07) is 22.9. The van der Waals surface area contributed by atoms with Crippen molar-refractivity contribution in [1.82, 2.24) is 9.47 Å². The third-order valence-corrected chi connectivity index (χ3v) is 12.3. The Morgan fingerprint density at radius 1 is 0.762 bits per heavy atom. The monoisotopic (exact) mass is 590 g/mol. The highest BCUT2D eigenvalue weighted by atomic mass is 28.4. The normalized spacial score (nSPS) is 14.4. The maximum absolute atomic E-state index is 13.7. The average Bonchev–Trinajstić information content (AvgIpc) is 3.25. The van der Waals surface area contributed by atoms with Gasteiger partial charge in [0.2, 0.25) is 0 Å². The lowest BCUT2D eigenvalue weighted by molar-refractivity contribution is 0.0222. The van der Waals surface area contributed by atoms with Gasteiger partial charge >= 0.3 is 12.2 Å². The molecule has 7 nitrogen and oxygen atoms in total. The number of hydrogen-bond acceptors (Lipinski definition) is 5. The van der Waals surface area contributed by atoms with Gasteiger partial charge in [-0.1, -0.05) is 81.4 Å². The van der Waals surface area contributed by atoms with Crippen LogP contribution < -0.4 is 10.4 Å². The van der Waals surface area contributed by atoms with Crippen molar-refractivity contribution in [3.63, 3.8) is 0 Å². The number of ether oxygens (including phenoxy) is 2. The SMILES string of the molecule is CC(C)(C)OC(=O)N1CCc2c(cc(CO[Si](c3ccccc3)(c3ccccc3)C(C)(C)C)n2C(=O)OC(C)(C)C)C1. The van der Waals surface area contributed by atoms with Gasteiger partial charge in [-0.05, 0) is 68.6 Å². The minimum absolute atomic E-state index is 0.214. The third-order valence-electron chi connectivity index (χ3n) is 7.33. The first-order chi connectivity index (χ1) is 19.5. The lowest BCUT2D eigenvalue weighted by Crippen LogP contribution is -2.66. The minimum atomic E-state index is -2.86. The quantitative estimate of drug-likeness (QED) is 0.312. The molecule has 4 rings (SSSR count). The van der Waals surface area contributed by atoms with Crippen LogP contribution in [0.1, 0.15) is 79.3 Å². The van der Waals surface area contributed by atoms with Gasteiger partial charge in [-0.2, -0.15) is 0 Å². The van der Waals surface area contributed by atoms with Crippen LogP contribution in [0.25, 0.3) is 0 Å². The Kier molecular flexibility index (Phi) is 8.81. The summed E-state index contributed by atoms with van der Waals surface area (Å²) < 4.78 is 20.4. The fourth-order valence-electron chi connectivity index (χ4n) is 5.67. The summed E-state index contributed by atoms with van der Waals surface area (Å²) in [5.74, 6) is 0. The molecule has 42 heavy (non-hydrogen) atoms. The molecule has 0 saturated heterocycles. The van der Waals surface area contributed by atoms with E-state index in [0.717, 1.165) is 11.3 Å². The summed E-state index contributed by atoms with van der Waals surface area (Å²) in [7, 11) is -2.86. The molecule has 0 bridgehead atoms. The van der Waals surface area contributed by atoms with Crippen molar-refractivity contribution < 1.29 is 23.5 Å². The van der Waals surface area contributed by atoms with Gasteiger partial charge in [0.1, 0.15) is 11.2 Å². The molecule has 1 amide bonds.